The summed E-state index contributed by atoms with van der Waals surface area (Å²) in [4.78, 5) is 27.3. The van der Waals surface area contributed by atoms with Gasteiger partial charge in [-0.2, -0.15) is 0 Å². The Morgan fingerprint density at radius 2 is 2.05 bits per heavy atom. The van der Waals surface area contributed by atoms with E-state index in [-0.39, 0.29) is 12.3 Å². The molecule has 2 heterocycles. The Bertz CT molecular complexity index is 727. The second-order valence-electron chi connectivity index (χ2n) is 5.27. The van der Waals surface area contributed by atoms with Gasteiger partial charge in [-0.15, -0.1) is 0 Å². The van der Waals surface area contributed by atoms with Crippen molar-refractivity contribution in [3.05, 3.63) is 34.2 Å². The van der Waals surface area contributed by atoms with Crippen LogP contribution in [0.15, 0.2) is 18.5 Å². The van der Waals surface area contributed by atoms with E-state index in [2.05, 4.69) is 10.3 Å². The maximum absolute atomic E-state index is 12.0. The Labute approximate surface area is 137 Å². The molecule has 8 heteroatoms. The number of hydrogen-bond acceptors (Lipinski definition) is 3. The molecule has 0 saturated carbocycles. The normalized spacial score (nSPS) is 12.6. The second kappa shape index (κ2) is 6.54. The SMILES string of the molecule is CC(C)[C@H](NC(=O)Cc1cn2cc(Cl)cc(Cl)c2n1)C(=O)O. The average molecular weight is 344 g/mol. The van der Waals surface area contributed by atoms with Crippen LogP contribution in [0.2, 0.25) is 10.0 Å². The van der Waals surface area contributed by atoms with Crippen molar-refractivity contribution in [3.8, 4) is 0 Å². The van der Waals surface area contributed by atoms with Crippen LogP contribution >= 0.6 is 23.2 Å². The predicted octanol–water partition coefficient (Wildman–Crippen LogP) is 2.41. The van der Waals surface area contributed by atoms with Crippen molar-refractivity contribution in [3.63, 3.8) is 0 Å². The van der Waals surface area contributed by atoms with E-state index in [0.29, 0.717) is 21.4 Å². The first-order chi connectivity index (χ1) is 10.3. The Morgan fingerprint density at radius 3 is 2.64 bits per heavy atom. The summed E-state index contributed by atoms with van der Waals surface area (Å²) in [7, 11) is 0. The number of carboxylic acid groups (broad SMARTS) is 1. The third-order valence-corrected chi connectivity index (χ3v) is 3.60. The highest BCUT2D eigenvalue weighted by Gasteiger charge is 2.23. The molecule has 2 aromatic heterocycles. The molecule has 1 atom stereocenters. The van der Waals surface area contributed by atoms with Crippen LogP contribution in [-0.4, -0.2) is 32.4 Å². The number of halogens is 2. The van der Waals surface area contributed by atoms with Crippen molar-refractivity contribution >= 4 is 40.7 Å². The van der Waals surface area contributed by atoms with Crippen LogP contribution in [0.5, 0.6) is 0 Å². The lowest BCUT2D eigenvalue weighted by atomic mass is 10.0. The third-order valence-electron chi connectivity index (χ3n) is 3.11. The number of nitrogens with zero attached hydrogens (tertiary/aromatic N) is 2. The molecule has 1 amide bonds. The number of aromatic nitrogens is 2. The first kappa shape index (κ1) is 16.6. The largest absolute Gasteiger partial charge is 0.480 e. The lowest BCUT2D eigenvalue weighted by molar-refractivity contribution is -0.143. The predicted molar refractivity (Wildman–Crippen MR) is 83.3 cm³/mol. The first-order valence-electron chi connectivity index (χ1n) is 6.62. The van der Waals surface area contributed by atoms with Crippen LogP contribution in [0.4, 0.5) is 0 Å². The van der Waals surface area contributed by atoms with E-state index in [0.717, 1.165) is 0 Å². The van der Waals surface area contributed by atoms with Crippen molar-refractivity contribution in [2.75, 3.05) is 0 Å². The summed E-state index contributed by atoms with van der Waals surface area (Å²) in [6.45, 7) is 3.46. The molecule has 0 saturated heterocycles. The van der Waals surface area contributed by atoms with E-state index < -0.39 is 17.9 Å². The highest BCUT2D eigenvalue weighted by Crippen LogP contribution is 2.21. The maximum Gasteiger partial charge on any atom is 0.326 e. The summed E-state index contributed by atoms with van der Waals surface area (Å²) < 4.78 is 1.63. The molecule has 22 heavy (non-hydrogen) atoms. The molecular weight excluding hydrogens is 329 g/mol. The molecule has 0 spiro atoms. The number of aliphatic carboxylic acids is 1. The molecule has 2 N–H and O–H groups in total. The number of imidazole rings is 1. The zero-order valence-corrected chi connectivity index (χ0v) is 13.5. The van der Waals surface area contributed by atoms with Crippen molar-refractivity contribution in [1.82, 2.24) is 14.7 Å². The summed E-state index contributed by atoms with van der Waals surface area (Å²) in [6, 6.07) is 0.636. The van der Waals surface area contributed by atoms with E-state index in [1.54, 1.807) is 36.7 Å². The van der Waals surface area contributed by atoms with Crippen LogP contribution in [0.1, 0.15) is 19.5 Å². The number of nitrogens with one attached hydrogen (secondary N) is 1. The number of carbonyl (C=O) groups excluding carboxylic acids is 1. The van der Waals surface area contributed by atoms with Gasteiger partial charge in [0.25, 0.3) is 0 Å². The number of hydrogen-bond donors (Lipinski definition) is 2. The van der Waals surface area contributed by atoms with Crippen molar-refractivity contribution in [2.24, 2.45) is 5.92 Å². The van der Waals surface area contributed by atoms with Crippen molar-refractivity contribution < 1.29 is 14.7 Å². The minimum atomic E-state index is -1.06. The van der Waals surface area contributed by atoms with Gasteiger partial charge in [0.15, 0.2) is 5.65 Å². The molecule has 2 aromatic rings. The topological polar surface area (TPSA) is 83.7 Å². The van der Waals surface area contributed by atoms with Gasteiger partial charge in [0, 0.05) is 12.4 Å². The molecule has 0 aromatic carbocycles. The molecule has 0 unspecified atom stereocenters. The fourth-order valence-electron chi connectivity index (χ4n) is 2.06. The molecule has 2 rings (SSSR count). The number of rotatable bonds is 5. The third kappa shape index (κ3) is 3.69. The van der Waals surface area contributed by atoms with E-state index in [4.69, 9.17) is 28.3 Å². The summed E-state index contributed by atoms with van der Waals surface area (Å²) in [5.41, 5.74) is 0.974. The van der Waals surface area contributed by atoms with Gasteiger partial charge in [-0.25, -0.2) is 9.78 Å². The van der Waals surface area contributed by atoms with E-state index in [9.17, 15) is 9.59 Å². The van der Waals surface area contributed by atoms with Crippen LogP contribution < -0.4 is 5.32 Å². The number of fused-ring (bicyclic) bond motifs is 1. The van der Waals surface area contributed by atoms with Crippen molar-refractivity contribution in [2.45, 2.75) is 26.3 Å². The molecule has 0 aliphatic rings. The summed E-state index contributed by atoms with van der Waals surface area (Å²) in [5.74, 6) is -1.68. The Kier molecular flexibility index (Phi) is 4.93. The minimum Gasteiger partial charge on any atom is -0.480 e. The van der Waals surface area contributed by atoms with E-state index in [1.165, 1.54) is 0 Å². The summed E-state index contributed by atoms with van der Waals surface area (Å²) >= 11 is 11.9. The molecule has 0 bridgehead atoms. The smallest absolute Gasteiger partial charge is 0.326 e. The lowest BCUT2D eigenvalue weighted by Gasteiger charge is -2.17. The molecule has 0 aliphatic carbocycles. The van der Waals surface area contributed by atoms with Gasteiger partial charge in [-0.05, 0) is 12.0 Å². The van der Waals surface area contributed by atoms with Crippen LogP contribution in [0.3, 0.4) is 0 Å². The Balaban J connectivity index is 2.15. The number of carbonyl (C=O) groups is 2. The fraction of sp³-hybridized carbons (Fsp3) is 0.357. The molecule has 6 nitrogen and oxygen atoms in total. The molecule has 118 valence electrons. The van der Waals surface area contributed by atoms with Crippen LogP contribution in [-0.2, 0) is 16.0 Å². The monoisotopic (exact) mass is 343 g/mol. The van der Waals surface area contributed by atoms with Gasteiger partial charge >= 0.3 is 5.97 Å². The standard InChI is InChI=1S/C14H15Cl2N3O3/c1-7(2)12(14(21)22)18-11(20)4-9-6-19-5-8(15)3-10(16)13(19)17-9/h3,5-7,12H,4H2,1-2H3,(H,18,20)(H,21,22)/t12-/m0/s1. The Hall–Kier alpha value is -1.79. The van der Waals surface area contributed by atoms with Crippen molar-refractivity contribution in [1.29, 1.82) is 0 Å². The molecule has 0 aliphatic heterocycles. The lowest BCUT2D eigenvalue weighted by Crippen LogP contribution is -2.44. The molecule has 0 radical (unpaired) electrons. The summed E-state index contributed by atoms with van der Waals surface area (Å²) in [5, 5.41) is 12.4. The van der Waals surface area contributed by atoms with Gasteiger partial charge in [0.2, 0.25) is 5.91 Å². The Morgan fingerprint density at radius 1 is 1.36 bits per heavy atom. The zero-order valence-electron chi connectivity index (χ0n) is 12.0. The van der Waals surface area contributed by atoms with E-state index in [1.807, 2.05) is 0 Å². The second-order valence-corrected chi connectivity index (χ2v) is 6.12. The quantitative estimate of drug-likeness (QED) is 0.873. The fourth-order valence-corrected chi connectivity index (χ4v) is 2.59. The van der Waals surface area contributed by atoms with Gasteiger partial charge in [-0.3, -0.25) is 4.79 Å². The number of pyridine rings is 1. The number of amides is 1. The highest BCUT2D eigenvalue weighted by atomic mass is 35.5. The molecule has 0 fully saturated rings. The van der Waals surface area contributed by atoms with Crippen LogP contribution in [0.25, 0.3) is 5.65 Å². The van der Waals surface area contributed by atoms with Gasteiger partial charge in [0.05, 0.1) is 22.2 Å². The minimum absolute atomic E-state index is 0.0356. The summed E-state index contributed by atoms with van der Waals surface area (Å²) in [6.07, 6.45) is 3.23. The first-order valence-corrected chi connectivity index (χ1v) is 7.38. The van der Waals surface area contributed by atoms with Gasteiger partial charge in [-0.1, -0.05) is 37.0 Å². The molecular formula is C14H15Cl2N3O3. The van der Waals surface area contributed by atoms with E-state index >= 15 is 0 Å². The van der Waals surface area contributed by atoms with Gasteiger partial charge in [0.1, 0.15) is 6.04 Å². The van der Waals surface area contributed by atoms with Crippen LogP contribution in [0, 0.1) is 5.92 Å². The van der Waals surface area contributed by atoms with Gasteiger partial charge < -0.3 is 14.8 Å². The highest BCUT2D eigenvalue weighted by molar-refractivity contribution is 6.36. The maximum atomic E-state index is 12.0. The average Bonchev–Trinajstić information content (AvgIpc) is 2.77. The number of carboxylic acids is 1. The zero-order chi connectivity index (χ0) is 16.4.